The summed E-state index contributed by atoms with van der Waals surface area (Å²) in [4.78, 5) is 53.1. The van der Waals surface area contributed by atoms with Gasteiger partial charge >= 0.3 is 0 Å². The van der Waals surface area contributed by atoms with Gasteiger partial charge in [0.1, 0.15) is 11.6 Å². The van der Waals surface area contributed by atoms with Crippen LogP contribution in [0.3, 0.4) is 0 Å². The molecule has 10 heteroatoms. The lowest BCUT2D eigenvalue weighted by Gasteiger charge is -2.24. The van der Waals surface area contributed by atoms with E-state index in [1.54, 1.807) is 12.1 Å². The van der Waals surface area contributed by atoms with Gasteiger partial charge in [-0.2, -0.15) is 0 Å². The van der Waals surface area contributed by atoms with Crippen molar-refractivity contribution in [1.29, 1.82) is 0 Å². The second-order valence-electron chi connectivity index (χ2n) is 9.35. The Morgan fingerprint density at radius 3 is 2.56 bits per heavy atom. The Morgan fingerprint density at radius 1 is 1.14 bits per heavy atom. The van der Waals surface area contributed by atoms with Gasteiger partial charge in [0.15, 0.2) is 11.5 Å². The van der Waals surface area contributed by atoms with E-state index in [9.17, 15) is 19.2 Å². The van der Waals surface area contributed by atoms with E-state index >= 15 is 0 Å². The first kappa shape index (κ1) is 25.5. The molecular weight excluding hydrogens is 464 g/mol. The third kappa shape index (κ3) is 5.17. The van der Waals surface area contributed by atoms with Crippen LogP contribution in [0.2, 0.25) is 0 Å². The molecule has 1 fully saturated rings. The maximum absolute atomic E-state index is 13.3. The minimum absolute atomic E-state index is 0.0307. The zero-order valence-electron chi connectivity index (χ0n) is 21.1. The summed E-state index contributed by atoms with van der Waals surface area (Å²) in [5.74, 6) is 0.145. The van der Waals surface area contributed by atoms with Gasteiger partial charge in [-0.1, -0.05) is 20.3 Å². The molecule has 1 aromatic heterocycles. The summed E-state index contributed by atoms with van der Waals surface area (Å²) in [5, 5.41) is 6.04. The molecule has 0 saturated carbocycles. The van der Waals surface area contributed by atoms with Crippen molar-refractivity contribution in [2.24, 2.45) is 5.92 Å². The number of hydrogen-bond acceptors (Lipinski definition) is 6. The number of nitrogens with zero attached hydrogens (tertiary/aromatic N) is 2. The molecule has 3 heterocycles. The van der Waals surface area contributed by atoms with E-state index in [4.69, 9.17) is 9.47 Å². The van der Waals surface area contributed by atoms with Gasteiger partial charge < -0.3 is 29.6 Å². The molecule has 2 aliphatic heterocycles. The maximum atomic E-state index is 13.3. The number of aryl methyl sites for hydroxylation is 1. The fraction of sp³-hybridized carbons (Fsp3) is 0.538. The third-order valence-corrected chi connectivity index (χ3v) is 7.02. The molecule has 2 aromatic rings. The summed E-state index contributed by atoms with van der Waals surface area (Å²) in [6.45, 7) is 8.13. The molecule has 194 valence electrons. The van der Waals surface area contributed by atoms with Gasteiger partial charge in [-0.15, -0.1) is 0 Å². The van der Waals surface area contributed by atoms with E-state index < -0.39 is 17.4 Å². The van der Waals surface area contributed by atoms with Crippen molar-refractivity contribution >= 4 is 28.6 Å². The first-order chi connectivity index (χ1) is 17.3. The average Bonchev–Trinajstić information content (AvgIpc) is 3.51. The second-order valence-corrected chi connectivity index (χ2v) is 9.35. The van der Waals surface area contributed by atoms with Crippen molar-refractivity contribution in [2.75, 3.05) is 26.4 Å². The lowest BCUT2D eigenvalue weighted by Crippen LogP contribution is -2.51. The van der Waals surface area contributed by atoms with E-state index in [1.807, 2.05) is 30.2 Å². The van der Waals surface area contributed by atoms with E-state index in [0.29, 0.717) is 61.3 Å². The Balaban J connectivity index is 1.49. The molecule has 0 radical (unpaired) electrons. The first-order valence-electron chi connectivity index (χ1n) is 12.7. The van der Waals surface area contributed by atoms with Crippen LogP contribution < -0.4 is 25.5 Å². The highest BCUT2D eigenvalue weighted by molar-refractivity contribution is 6.00. The van der Waals surface area contributed by atoms with E-state index in [0.717, 1.165) is 13.0 Å². The van der Waals surface area contributed by atoms with Crippen LogP contribution in [-0.4, -0.2) is 59.7 Å². The molecule has 0 bridgehead atoms. The van der Waals surface area contributed by atoms with E-state index in [-0.39, 0.29) is 30.1 Å². The standard InChI is InChI=1S/C26H34N4O6/c1-4-16(3)23(26(34)27-9-7-11-30-10-6-8-22(30)31)28-25(33)18-14-29(5-2)19-13-21-20(35-15-36-21)12-17(19)24(18)32/h12-14,16,23H,4-11,15H2,1-3H3,(H,27,34)(H,28,33)/t16?,23-/m0/s1. The topological polar surface area (TPSA) is 119 Å². The summed E-state index contributed by atoms with van der Waals surface area (Å²) in [6.07, 6.45) is 4.31. The average molecular weight is 499 g/mol. The number of amides is 3. The van der Waals surface area contributed by atoms with Crippen LogP contribution in [0.25, 0.3) is 10.9 Å². The number of carbonyl (C=O) groups is 3. The van der Waals surface area contributed by atoms with Crippen LogP contribution in [0.1, 0.15) is 56.8 Å². The summed E-state index contributed by atoms with van der Waals surface area (Å²) < 4.78 is 12.7. The minimum Gasteiger partial charge on any atom is -0.454 e. The van der Waals surface area contributed by atoms with Gasteiger partial charge in [-0.3, -0.25) is 19.2 Å². The molecule has 0 spiro atoms. The normalized spacial score (nSPS) is 16.3. The predicted octanol–water partition coefficient (Wildman–Crippen LogP) is 2.02. The summed E-state index contributed by atoms with van der Waals surface area (Å²) in [6, 6.07) is 2.56. The monoisotopic (exact) mass is 498 g/mol. The zero-order chi connectivity index (χ0) is 25.8. The molecule has 1 saturated heterocycles. The Hall–Kier alpha value is -3.56. The number of fused-ring (bicyclic) bond motifs is 2. The van der Waals surface area contributed by atoms with Crippen LogP contribution in [0.4, 0.5) is 0 Å². The molecule has 1 unspecified atom stereocenters. The van der Waals surface area contributed by atoms with Gasteiger partial charge in [0, 0.05) is 44.9 Å². The fourth-order valence-electron chi connectivity index (χ4n) is 4.66. The number of ether oxygens (including phenoxy) is 2. The van der Waals surface area contributed by atoms with E-state index in [1.165, 1.54) is 6.20 Å². The molecule has 2 aliphatic rings. The van der Waals surface area contributed by atoms with Crippen LogP contribution >= 0.6 is 0 Å². The van der Waals surface area contributed by atoms with Crippen molar-refractivity contribution in [3.63, 3.8) is 0 Å². The maximum Gasteiger partial charge on any atom is 0.257 e. The highest BCUT2D eigenvalue weighted by atomic mass is 16.7. The number of carbonyl (C=O) groups excluding carboxylic acids is 3. The number of hydrogen-bond donors (Lipinski definition) is 2. The van der Waals surface area contributed by atoms with Crippen molar-refractivity contribution < 1.29 is 23.9 Å². The van der Waals surface area contributed by atoms with Crippen molar-refractivity contribution in [1.82, 2.24) is 20.1 Å². The Labute approximate surface area is 209 Å². The number of benzene rings is 1. The molecule has 3 amide bonds. The van der Waals surface area contributed by atoms with Gasteiger partial charge in [-0.05, 0) is 31.7 Å². The molecule has 2 atom stereocenters. The van der Waals surface area contributed by atoms with Crippen LogP contribution in [0.15, 0.2) is 23.1 Å². The fourth-order valence-corrected chi connectivity index (χ4v) is 4.66. The highest BCUT2D eigenvalue weighted by Crippen LogP contribution is 2.35. The van der Waals surface area contributed by atoms with Crippen molar-refractivity contribution in [3.05, 3.63) is 34.1 Å². The summed E-state index contributed by atoms with van der Waals surface area (Å²) in [5.41, 5.74) is 0.192. The van der Waals surface area contributed by atoms with Gasteiger partial charge in [0.2, 0.25) is 24.0 Å². The Bertz CT molecular complexity index is 1220. The quantitative estimate of drug-likeness (QED) is 0.484. The molecule has 10 nitrogen and oxygen atoms in total. The molecule has 36 heavy (non-hydrogen) atoms. The highest BCUT2D eigenvalue weighted by Gasteiger charge is 2.28. The van der Waals surface area contributed by atoms with Crippen molar-refractivity contribution in [2.45, 2.75) is 59.0 Å². The van der Waals surface area contributed by atoms with E-state index in [2.05, 4.69) is 10.6 Å². The van der Waals surface area contributed by atoms with Crippen LogP contribution in [0, 0.1) is 5.92 Å². The largest absolute Gasteiger partial charge is 0.454 e. The van der Waals surface area contributed by atoms with Crippen LogP contribution in [-0.2, 0) is 16.1 Å². The number of nitrogens with one attached hydrogen (secondary N) is 2. The Kier molecular flexibility index (Phi) is 7.81. The summed E-state index contributed by atoms with van der Waals surface area (Å²) in [7, 11) is 0. The predicted molar refractivity (Wildman–Crippen MR) is 134 cm³/mol. The van der Waals surface area contributed by atoms with Gasteiger partial charge in [0.25, 0.3) is 5.91 Å². The Morgan fingerprint density at radius 2 is 1.89 bits per heavy atom. The third-order valence-electron chi connectivity index (χ3n) is 7.02. The van der Waals surface area contributed by atoms with Gasteiger partial charge in [-0.25, -0.2) is 0 Å². The lowest BCUT2D eigenvalue weighted by molar-refractivity contribution is -0.127. The smallest absolute Gasteiger partial charge is 0.257 e. The molecule has 0 aliphatic carbocycles. The van der Waals surface area contributed by atoms with Crippen LogP contribution in [0.5, 0.6) is 11.5 Å². The second kappa shape index (κ2) is 11.0. The molecule has 1 aromatic carbocycles. The van der Waals surface area contributed by atoms with Gasteiger partial charge in [0.05, 0.1) is 10.9 Å². The number of aromatic nitrogens is 1. The lowest BCUT2D eigenvalue weighted by atomic mass is 9.97. The number of rotatable bonds is 10. The minimum atomic E-state index is -0.794. The zero-order valence-corrected chi connectivity index (χ0v) is 21.1. The summed E-state index contributed by atoms with van der Waals surface area (Å²) >= 11 is 0. The first-order valence-corrected chi connectivity index (χ1v) is 12.7. The molecule has 4 rings (SSSR count). The number of likely N-dealkylation sites (tertiary alicyclic amines) is 1. The molecule has 2 N–H and O–H groups in total. The molecular formula is C26H34N4O6. The van der Waals surface area contributed by atoms with Crippen molar-refractivity contribution in [3.8, 4) is 11.5 Å². The SMILES string of the molecule is CCC(C)[C@H](NC(=O)c1cn(CC)c2cc3c(cc2c1=O)OCO3)C(=O)NCCCN1CCCC1=O. The number of pyridine rings is 1.